The highest BCUT2D eigenvalue weighted by Crippen LogP contribution is 2.18. The van der Waals surface area contributed by atoms with Crippen LogP contribution < -0.4 is 5.32 Å². The van der Waals surface area contributed by atoms with Crippen LogP contribution in [0.5, 0.6) is 0 Å². The van der Waals surface area contributed by atoms with Gasteiger partial charge in [0.05, 0.1) is 4.92 Å². The lowest BCUT2D eigenvalue weighted by Gasteiger charge is -2.06. The molecule has 1 N–H and O–H groups in total. The average Bonchev–Trinajstić information content (AvgIpc) is 2.41. The van der Waals surface area contributed by atoms with Gasteiger partial charge in [0.25, 0.3) is 11.6 Å². The van der Waals surface area contributed by atoms with Gasteiger partial charge in [-0.1, -0.05) is 32.6 Å². The van der Waals surface area contributed by atoms with Crippen molar-refractivity contribution in [3.05, 3.63) is 39.4 Å². The Morgan fingerprint density at radius 1 is 1.25 bits per heavy atom. The number of nitro groups is 1. The van der Waals surface area contributed by atoms with Gasteiger partial charge >= 0.3 is 0 Å². The minimum atomic E-state index is -0.440. The summed E-state index contributed by atoms with van der Waals surface area (Å²) in [5, 5.41) is 13.5. The van der Waals surface area contributed by atoms with E-state index in [1.807, 2.05) is 0 Å². The molecule has 20 heavy (non-hydrogen) atoms. The molecule has 0 aliphatic carbocycles. The summed E-state index contributed by atoms with van der Waals surface area (Å²) in [4.78, 5) is 22.2. The fourth-order valence-electron chi connectivity index (χ4n) is 2.03. The monoisotopic (exact) mass is 278 g/mol. The SMILES string of the molecule is CCCCCCCNC(=O)c1ccc([N+](=O)[O-])c(C)c1. The Hall–Kier alpha value is -1.91. The molecule has 1 rings (SSSR count). The van der Waals surface area contributed by atoms with Gasteiger partial charge in [-0.15, -0.1) is 0 Å². The quantitative estimate of drug-likeness (QED) is 0.448. The van der Waals surface area contributed by atoms with Gasteiger partial charge in [-0.3, -0.25) is 14.9 Å². The van der Waals surface area contributed by atoms with Crippen molar-refractivity contribution < 1.29 is 9.72 Å². The molecule has 1 aromatic rings. The number of nitrogens with one attached hydrogen (secondary N) is 1. The first kappa shape index (κ1) is 16.1. The Labute approximate surface area is 119 Å². The Balaban J connectivity index is 2.44. The third kappa shape index (κ3) is 4.99. The van der Waals surface area contributed by atoms with Crippen molar-refractivity contribution in [3.63, 3.8) is 0 Å². The maximum Gasteiger partial charge on any atom is 0.272 e. The van der Waals surface area contributed by atoms with Crippen LogP contribution in [0.3, 0.4) is 0 Å². The number of carbonyl (C=O) groups excluding carboxylic acids is 1. The molecule has 0 atom stereocenters. The van der Waals surface area contributed by atoms with Crippen LogP contribution in [0.15, 0.2) is 18.2 Å². The second-order valence-corrected chi connectivity index (χ2v) is 4.93. The highest BCUT2D eigenvalue weighted by molar-refractivity contribution is 5.94. The summed E-state index contributed by atoms with van der Waals surface area (Å²) in [6, 6.07) is 4.44. The summed E-state index contributed by atoms with van der Waals surface area (Å²) in [5.41, 5.74) is 1.02. The smallest absolute Gasteiger partial charge is 0.272 e. The van der Waals surface area contributed by atoms with Gasteiger partial charge in [0.1, 0.15) is 0 Å². The molecule has 0 heterocycles. The van der Waals surface area contributed by atoms with Crippen LogP contribution in [0.4, 0.5) is 5.69 Å². The maximum atomic E-state index is 11.9. The van der Waals surface area contributed by atoms with E-state index in [-0.39, 0.29) is 11.6 Å². The lowest BCUT2D eigenvalue weighted by Crippen LogP contribution is -2.24. The van der Waals surface area contributed by atoms with Crippen molar-refractivity contribution in [2.24, 2.45) is 0 Å². The molecule has 0 fully saturated rings. The molecule has 0 saturated carbocycles. The van der Waals surface area contributed by atoms with E-state index in [1.54, 1.807) is 13.0 Å². The minimum absolute atomic E-state index is 0.0427. The summed E-state index contributed by atoms with van der Waals surface area (Å²) in [7, 11) is 0. The topological polar surface area (TPSA) is 72.2 Å². The number of rotatable bonds is 8. The van der Waals surface area contributed by atoms with Crippen LogP contribution in [0, 0.1) is 17.0 Å². The molecule has 0 unspecified atom stereocenters. The van der Waals surface area contributed by atoms with E-state index in [4.69, 9.17) is 0 Å². The Morgan fingerprint density at radius 2 is 1.95 bits per heavy atom. The van der Waals surface area contributed by atoms with E-state index in [0.29, 0.717) is 17.7 Å². The summed E-state index contributed by atoms with van der Waals surface area (Å²) in [5.74, 6) is -0.168. The number of amides is 1. The molecule has 110 valence electrons. The Kier molecular flexibility index (Phi) is 6.70. The molecule has 5 heteroatoms. The molecule has 0 saturated heterocycles. The number of benzene rings is 1. The number of unbranched alkanes of at least 4 members (excludes halogenated alkanes) is 4. The molecule has 0 spiro atoms. The van der Waals surface area contributed by atoms with Crippen molar-refractivity contribution in [1.29, 1.82) is 0 Å². The van der Waals surface area contributed by atoms with Crippen LogP contribution in [0.25, 0.3) is 0 Å². The van der Waals surface area contributed by atoms with E-state index in [1.165, 1.54) is 31.4 Å². The molecule has 1 aromatic carbocycles. The molecule has 0 aromatic heterocycles. The molecule has 0 bridgehead atoms. The Bertz CT molecular complexity index is 472. The largest absolute Gasteiger partial charge is 0.352 e. The first-order valence-electron chi connectivity index (χ1n) is 7.09. The van der Waals surface area contributed by atoms with Gasteiger partial charge in [0.15, 0.2) is 0 Å². The van der Waals surface area contributed by atoms with Crippen molar-refractivity contribution >= 4 is 11.6 Å². The predicted octanol–water partition coefficient (Wildman–Crippen LogP) is 3.60. The molecule has 1 amide bonds. The average molecular weight is 278 g/mol. The zero-order valence-electron chi connectivity index (χ0n) is 12.1. The number of nitrogens with zero attached hydrogens (tertiary/aromatic N) is 1. The van der Waals surface area contributed by atoms with Crippen molar-refractivity contribution in [2.45, 2.75) is 46.0 Å². The van der Waals surface area contributed by atoms with E-state index in [9.17, 15) is 14.9 Å². The van der Waals surface area contributed by atoms with Gasteiger partial charge in [-0.25, -0.2) is 0 Å². The summed E-state index contributed by atoms with van der Waals surface area (Å²) >= 11 is 0. The second-order valence-electron chi connectivity index (χ2n) is 4.93. The highest BCUT2D eigenvalue weighted by atomic mass is 16.6. The molecule has 0 aliphatic rings. The molecular weight excluding hydrogens is 256 g/mol. The van der Waals surface area contributed by atoms with Crippen LogP contribution in [-0.2, 0) is 0 Å². The fourth-order valence-corrected chi connectivity index (χ4v) is 2.03. The van der Waals surface area contributed by atoms with E-state index in [0.717, 1.165) is 12.8 Å². The van der Waals surface area contributed by atoms with Crippen molar-refractivity contribution in [3.8, 4) is 0 Å². The van der Waals surface area contributed by atoms with Crippen molar-refractivity contribution in [1.82, 2.24) is 5.32 Å². The lowest BCUT2D eigenvalue weighted by molar-refractivity contribution is -0.385. The minimum Gasteiger partial charge on any atom is -0.352 e. The zero-order valence-corrected chi connectivity index (χ0v) is 12.1. The predicted molar refractivity (Wildman–Crippen MR) is 78.9 cm³/mol. The summed E-state index contributed by atoms with van der Waals surface area (Å²) in [6.07, 6.45) is 5.72. The van der Waals surface area contributed by atoms with Crippen LogP contribution in [0.1, 0.15) is 54.9 Å². The lowest BCUT2D eigenvalue weighted by atomic mass is 10.1. The molecule has 0 aliphatic heterocycles. The third-order valence-electron chi connectivity index (χ3n) is 3.22. The van der Waals surface area contributed by atoms with Gasteiger partial charge in [0, 0.05) is 23.7 Å². The van der Waals surface area contributed by atoms with Gasteiger partial charge < -0.3 is 5.32 Å². The summed E-state index contributed by atoms with van der Waals surface area (Å²) < 4.78 is 0. The Morgan fingerprint density at radius 3 is 2.55 bits per heavy atom. The summed E-state index contributed by atoms with van der Waals surface area (Å²) in [6.45, 7) is 4.46. The normalized spacial score (nSPS) is 10.3. The van der Waals surface area contributed by atoms with Crippen molar-refractivity contribution in [2.75, 3.05) is 6.54 Å². The van der Waals surface area contributed by atoms with Gasteiger partial charge in [-0.05, 0) is 25.5 Å². The number of hydrogen-bond acceptors (Lipinski definition) is 3. The van der Waals surface area contributed by atoms with E-state index < -0.39 is 4.92 Å². The molecule has 5 nitrogen and oxygen atoms in total. The highest BCUT2D eigenvalue weighted by Gasteiger charge is 2.13. The number of nitro benzene ring substituents is 1. The number of hydrogen-bond donors (Lipinski definition) is 1. The van der Waals surface area contributed by atoms with Crippen LogP contribution in [-0.4, -0.2) is 17.4 Å². The van der Waals surface area contributed by atoms with E-state index >= 15 is 0 Å². The third-order valence-corrected chi connectivity index (χ3v) is 3.22. The first-order valence-corrected chi connectivity index (χ1v) is 7.09. The number of aryl methyl sites for hydroxylation is 1. The standard InChI is InChI=1S/C15H22N2O3/c1-3-4-5-6-7-10-16-15(18)13-8-9-14(17(19)20)12(2)11-13/h8-9,11H,3-7,10H2,1-2H3,(H,16,18). The van der Waals surface area contributed by atoms with E-state index in [2.05, 4.69) is 12.2 Å². The fraction of sp³-hybridized carbons (Fsp3) is 0.533. The van der Waals surface area contributed by atoms with Crippen LogP contribution in [0.2, 0.25) is 0 Å². The van der Waals surface area contributed by atoms with Crippen LogP contribution >= 0.6 is 0 Å². The van der Waals surface area contributed by atoms with Gasteiger partial charge in [0.2, 0.25) is 0 Å². The number of carbonyl (C=O) groups is 1. The molecule has 0 radical (unpaired) electrons. The first-order chi connectivity index (χ1) is 9.56. The maximum absolute atomic E-state index is 11.9. The zero-order chi connectivity index (χ0) is 15.0. The van der Waals surface area contributed by atoms with Gasteiger partial charge in [-0.2, -0.15) is 0 Å². The molecular formula is C15H22N2O3. The second kappa shape index (κ2) is 8.30.